The van der Waals surface area contributed by atoms with Gasteiger partial charge >= 0.3 is 0 Å². The summed E-state index contributed by atoms with van der Waals surface area (Å²) in [7, 11) is 1.93. The van der Waals surface area contributed by atoms with Crippen LogP contribution in [0.1, 0.15) is 19.0 Å². The van der Waals surface area contributed by atoms with Gasteiger partial charge in [-0.3, -0.25) is 0 Å². The predicted molar refractivity (Wildman–Crippen MR) is 202 cm³/mol. The van der Waals surface area contributed by atoms with Crippen LogP contribution in [-0.4, -0.2) is 17.0 Å². The molecule has 3 heteroatoms. The van der Waals surface area contributed by atoms with Gasteiger partial charge in [-0.1, -0.05) is 127 Å². The van der Waals surface area contributed by atoms with Crippen molar-refractivity contribution in [3.8, 4) is 56.0 Å². The van der Waals surface area contributed by atoms with Crippen LogP contribution >= 0.6 is 0 Å². The largest absolute Gasteiger partial charge is 0.393 e. The van der Waals surface area contributed by atoms with E-state index in [0.717, 1.165) is 57.0 Å². The third-order valence-electron chi connectivity index (χ3n) is 9.14. The van der Waals surface area contributed by atoms with E-state index in [1.165, 1.54) is 38.6 Å². The Balaban J connectivity index is 1.34. The van der Waals surface area contributed by atoms with Crippen LogP contribution in [0, 0.1) is 0 Å². The van der Waals surface area contributed by atoms with Crippen molar-refractivity contribution < 1.29 is 0 Å². The number of benzene rings is 5. The van der Waals surface area contributed by atoms with Gasteiger partial charge in [0.25, 0.3) is 0 Å². The Bertz CT molecular complexity index is 2320. The first-order valence-electron chi connectivity index (χ1n) is 16.5. The fourth-order valence-electron chi connectivity index (χ4n) is 6.94. The molecule has 8 rings (SSSR count). The van der Waals surface area contributed by atoms with Crippen molar-refractivity contribution in [1.29, 1.82) is 0 Å². The summed E-state index contributed by atoms with van der Waals surface area (Å²) >= 11 is 0. The fraction of sp³-hybridized carbons (Fsp3) is 0.0667. The van der Waals surface area contributed by atoms with Crippen LogP contribution in [0.5, 0.6) is 0 Å². The predicted octanol–water partition coefficient (Wildman–Crippen LogP) is 11.2. The summed E-state index contributed by atoms with van der Waals surface area (Å²) in [5.41, 5.74) is 14.6. The Morgan fingerprint density at radius 3 is 2.17 bits per heavy atom. The first-order valence-corrected chi connectivity index (χ1v) is 16.5. The molecule has 0 saturated heterocycles. The molecule has 1 heterocycles. The monoisotopic (exact) mass is 617 g/mol. The quantitative estimate of drug-likeness (QED) is 0.181. The third-order valence-corrected chi connectivity index (χ3v) is 9.14. The first-order chi connectivity index (χ1) is 23.7. The van der Waals surface area contributed by atoms with Crippen LogP contribution in [-0.2, 0) is 0 Å². The van der Waals surface area contributed by atoms with Gasteiger partial charge in [0, 0.05) is 24.4 Å². The number of fused-ring (bicyclic) bond motifs is 3. The summed E-state index contributed by atoms with van der Waals surface area (Å²) in [6.45, 7) is 2.05. The molecule has 1 aromatic heterocycles. The van der Waals surface area contributed by atoms with Crippen molar-refractivity contribution in [2.75, 3.05) is 7.05 Å². The van der Waals surface area contributed by atoms with E-state index in [2.05, 4.69) is 157 Å². The lowest BCUT2D eigenvalue weighted by Gasteiger charge is -2.14. The lowest BCUT2D eigenvalue weighted by atomic mass is 9.97. The molecule has 48 heavy (non-hydrogen) atoms. The minimum atomic E-state index is 0.722. The molecule has 0 aliphatic heterocycles. The molecule has 2 aliphatic carbocycles. The molecule has 0 radical (unpaired) electrons. The first kappa shape index (κ1) is 29.3. The molecule has 2 aliphatic rings. The number of hydrogen-bond acceptors (Lipinski definition) is 3. The minimum absolute atomic E-state index is 0.722. The van der Waals surface area contributed by atoms with Crippen molar-refractivity contribution >= 4 is 16.3 Å². The highest BCUT2D eigenvalue weighted by atomic mass is 14.9. The van der Waals surface area contributed by atoms with Crippen LogP contribution in [0.25, 0.3) is 72.4 Å². The summed E-state index contributed by atoms with van der Waals surface area (Å²) < 4.78 is 0. The van der Waals surface area contributed by atoms with E-state index in [4.69, 9.17) is 9.97 Å². The number of hydrogen-bond donors (Lipinski definition) is 1. The summed E-state index contributed by atoms with van der Waals surface area (Å²) in [5.74, 6) is 0.722. The number of nitrogens with zero attached hydrogens (tertiary/aromatic N) is 2. The number of aromatic nitrogens is 2. The van der Waals surface area contributed by atoms with E-state index in [0.29, 0.717) is 0 Å². The van der Waals surface area contributed by atoms with E-state index in [9.17, 15) is 0 Å². The van der Waals surface area contributed by atoms with E-state index in [-0.39, 0.29) is 0 Å². The zero-order valence-electron chi connectivity index (χ0n) is 27.1. The van der Waals surface area contributed by atoms with E-state index in [1.54, 1.807) is 0 Å². The highest BCUT2D eigenvalue weighted by Gasteiger charge is 2.23. The van der Waals surface area contributed by atoms with Crippen LogP contribution < -0.4 is 5.32 Å². The van der Waals surface area contributed by atoms with Crippen LogP contribution in [0.15, 0.2) is 169 Å². The van der Waals surface area contributed by atoms with Gasteiger partial charge in [-0.2, -0.15) is 0 Å². The number of allylic oxidation sites excluding steroid dienone is 9. The average molecular weight is 618 g/mol. The average Bonchev–Trinajstić information content (AvgIpc) is 3.28. The van der Waals surface area contributed by atoms with E-state index in [1.807, 2.05) is 20.2 Å². The maximum Gasteiger partial charge on any atom is 0.161 e. The molecule has 5 aromatic carbocycles. The second-order valence-corrected chi connectivity index (χ2v) is 12.1. The van der Waals surface area contributed by atoms with Gasteiger partial charge < -0.3 is 5.32 Å². The Labute approximate surface area is 282 Å². The van der Waals surface area contributed by atoms with Crippen molar-refractivity contribution in [2.45, 2.75) is 13.3 Å². The molecule has 0 saturated carbocycles. The topological polar surface area (TPSA) is 37.8 Å². The fourth-order valence-corrected chi connectivity index (χ4v) is 6.94. The molecule has 0 unspecified atom stereocenters. The second kappa shape index (κ2) is 12.6. The highest BCUT2D eigenvalue weighted by Crippen LogP contribution is 2.49. The molecule has 1 N–H and O–H groups in total. The smallest absolute Gasteiger partial charge is 0.161 e. The van der Waals surface area contributed by atoms with Crippen molar-refractivity contribution in [3.05, 3.63) is 175 Å². The van der Waals surface area contributed by atoms with Crippen molar-refractivity contribution in [2.24, 2.45) is 0 Å². The summed E-state index contributed by atoms with van der Waals surface area (Å²) in [4.78, 5) is 10.6. The maximum absolute atomic E-state index is 5.33. The Morgan fingerprint density at radius 1 is 0.667 bits per heavy atom. The zero-order chi connectivity index (χ0) is 32.5. The Morgan fingerprint density at radius 2 is 1.35 bits per heavy atom. The van der Waals surface area contributed by atoms with Gasteiger partial charge in [-0.25, -0.2) is 9.97 Å². The van der Waals surface area contributed by atoms with Gasteiger partial charge in [0.05, 0.1) is 11.4 Å². The summed E-state index contributed by atoms with van der Waals surface area (Å²) in [6, 6.07) is 41.1. The molecule has 0 atom stereocenters. The lowest BCUT2D eigenvalue weighted by Crippen LogP contribution is -2.00. The molecule has 0 fully saturated rings. The molecule has 0 bridgehead atoms. The van der Waals surface area contributed by atoms with Crippen molar-refractivity contribution in [1.82, 2.24) is 15.3 Å². The number of nitrogens with one attached hydrogen (secondary N) is 1. The molecule has 6 aromatic rings. The van der Waals surface area contributed by atoms with E-state index < -0.39 is 0 Å². The van der Waals surface area contributed by atoms with Gasteiger partial charge in [0.1, 0.15) is 0 Å². The summed E-state index contributed by atoms with van der Waals surface area (Å²) in [5, 5.41) is 5.65. The molecule has 3 nitrogen and oxygen atoms in total. The molecule has 230 valence electrons. The van der Waals surface area contributed by atoms with Crippen LogP contribution in [0.4, 0.5) is 0 Å². The van der Waals surface area contributed by atoms with Crippen LogP contribution in [0.3, 0.4) is 0 Å². The van der Waals surface area contributed by atoms with Crippen LogP contribution in [0.2, 0.25) is 0 Å². The van der Waals surface area contributed by atoms with Gasteiger partial charge in [0.2, 0.25) is 0 Å². The molecule has 0 spiro atoms. The summed E-state index contributed by atoms with van der Waals surface area (Å²) in [6.07, 6.45) is 16.0. The van der Waals surface area contributed by atoms with Gasteiger partial charge in [0.15, 0.2) is 5.82 Å². The van der Waals surface area contributed by atoms with Crippen molar-refractivity contribution in [3.63, 3.8) is 0 Å². The number of rotatable bonds is 7. The Kier molecular flexibility index (Phi) is 7.72. The second-order valence-electron chi connectivity index (χ2n) is 12.1. The zero-order valence-corrected chi connectivity index (χ0v) is 27.1. The molecular weight excluding hydrogens is 583 g/mol. The van der Waals surface area contributed by atoms with E-state index >= 15 is 0 Å². The normalized spacial score (nSPS) is 13.8. The highest BCUT2D eigenvalue weighted by molar-refractivity contribution is 6.18. The van der Waals surface area contributed by atoms with Gasteiger partial charge in [-0.05, 0) is 98.5 Å². The standard InChI is InChI=1S/C45H35N3/c1-3-13-35(29-46-2)32-16-7-8-17-33(27-32)42-28-43(34-19-11-18-31(26-34)30-14-5-4-6-15-30)48-45(47-42)41-25-24-40-37-21-10-9-20-36(37)38-22-12-23-39(41)44(38)40/h3-7,9-29,46H,8H2,1-2H3/b13-3-,35-29+. The minimum Gasteiger partial charge on any atom is -0.393 e. The SMILES string of the molecule is C/C=C\C(=C/NC)C1=CC(c2cc(-c3cccc(-c4ccccc4)c3)nc(-c3ccc4c5c(cccc35)-c3ccccc3-4)n2)=CCC=C1. The maximum atomic E-state index is 5.33. The molecular formula is C45H35N3. The van der Waals surface area contributed by atoms with Gasteiger partial charge in [-0.15, -0.1) is 0 Å². The Hall–Kier alpha value is -6.06. The third kappa shape index (κ3) is 5.30. The lowest BCUT2D eigenvalue weighted by molar-refractivity contribution is 1.09. The molecule has 0 amide bonds.